The Balaban J connectivity index is 2.17. The molecule has 1 N–H and O–H groups in total. The average Bonchev–Trinajstić information content (AvgIpc) is 2.62. The van der Waals surface area contributed by atoms with Gasteiger partial charge in [0.2, 0.25) is 5.91 Å². The summed E-state index contributed by atoms with van der Waals surface area (Å²) in [6.07, 6.45) is 0. The van der Waals surface area contributed by atoms with E-state index < -0.39 is 5.97 Å². The van der Waals surface area contributed by atoms with E-state index in [4.69, 9.17) is 5.11 Å². The first-order valence-electron chi connectivity index (χ1n) is 8.41. The number of nitrogens with zero attached hydrogens (tertiary/aromatic N) is 2. The summed E-state index contributed by atoms with van der Waals surface area (Å²) in [5.41, 5.74) is 1.23. The van der Waals surface area contributed by atoms with E-state index in [1.807, 2.05) is 12.1 Å². The van der Waals surface area contributed by atoms with Crippen molar-refractivity contribution in [3.05, 3.63) is 58.8 Å². The van der Waals surface area contributed by atoms with Crippen LogP contribution < -0.4 is 5.43 Å². The van der Waals surface area contributed by atoms with Gasteiger partial charge in [-0.2, -0.15) is 0 Å². The zero-order chi connectivity index (χ0) is 18.8. The minimum absolute atomic E-state index is 0.0350. The van der Waals surface area contributed by atoms with Crippen molar-refractivity contribution in [2.75, 3.05) is 6.54 Å². The lowest BCUT2D eigenvalue weighted by Crippen LogP contribution is -2.42. The monoisotopic (exact) mass is 352 g/mol. The van der Waals surface area contributed by atoms with Gasteiger partial charge in [0.05, 0.1) is 11.0 Å². The highest BCUT2D eigenvalue weighted by Gasteiger charge is 2.21. The number of carbonyl (C=O) groups excluding carboxylic acids is 1. The van der Waals surface area contributed by atoms with E-state index in [2.05, 4.69) is 0 Å². The van der Waals surface area contributed by atoms with Crippen molar-refractivity contribution >= 4 is 33.7 Å². The summed E-state index contributed by atoms with van der Waals surface area (Å²) in [6, 6.07) is 14.0. The molecule has 0 aliphatic carbocycles. The van der Waals surface area contributed by atoms with E-state index in [0.717, 1.165) is 0 Å². The molecule has 2 aromatic carbocycles. The quantitative estimate of drug-likeness (QED) is 0.716. The molecular weight excluding hydrogens is 332 g/mol. The number of hydrogen-bond donors (Lipinski definition) is 1. The lowest BCUT2D eigenvalue weighted by atomic mass is 10.1. The van der Waals surface area contributed by atoms with Crippen LogP contribution >= 0.6 is 0 Å². The number of hydrogen-bond acceptors (Lipinski definition) is 3. The molecule has 6 heteroatoms. The molecule has 0 bridgehead atoms. The number of para-hydroxylation sites is 2. The third kappa shape index (κ3) is 3.18. The van der Waals surface area contributed by atoms with Crippen LogP contribution in [0.3, 0.4) is 0 Å². The fourth-order valence-electron chi connectivity index (χ4n) is 3.18. The van der Waals surface area contributed by atoms with Gasteiger partial charge in [-0.25, -0.2) is 0 Å². The Morgan fingerprint density at radius 1 is 1.00 bits per heavy atom. The number of carbonyl (C=O) groups is 2. The molecule has 0 radical (unpaired) electrons. The zero-order valence-corrected chi connectivity index (χ0v) is 14.7. The number of pyridine rings is 1. The Kier molecular flexibility index (Phi) is 4.75. The fourth-order valence-corrected chi connectivity index (χ4v) is 3.18. The summed E-state index contributed by atoms with van der Waals surface area (Å²) in [5, 5.41) is 10.2. The van der Waals surface area contributed by atoms with Crippen LogP contribution in [0.5, 0.6) is 0 Å². The second-order valence-electron chi connectivity index (χ2n) is 6.46. The van der Waals surface area contributed by atoms with E-state index >= 15 is 0 Å². The average molecular weight is 352 g/mol. The van der Waals surface area contributed by atoms with Gasteiger partial charge in [-0.1, -0.05) is 24.3 Å². The third-order valence-corrected chi connectivity index (χ3v) is 4.42. The first-order chi connectivity index (χ1) is 12.4. The summed E-state index contributed by atoms with van der Waals surface area (Å²) in [6.45, 7) is 3.17. The van der Waals surface area contributed by atoms with Crippen molar-refractivity contribution in [1.29, 1.82) is 0 Å². The van der Waals surface area contributed by atoms with Gasteiger partial charge in [-0.05, 0) is 38.1 Å². The van der Waals surface area contributed by atoms with Crippen LogP contribution in [0.1, 0.15) is 13.8 Å². The molecule has 3 rings (SSSR count). The predicted molar refractivity (Wildman–Crippen MR) is 100 cm³/mol. The molecule has 0 saturated carbocycles. The maximum absolute atomic E-state index is 12.8. The Morgan fingerprint density at radius 2 is 1.50 bits per heavy atom. The van der Waals surface area contributed by atoms with Crippen molar-refractivity contribution in [2.45, 2.75) is 26.4 Å². The highest BCUT2D eigenvalue weighted by Crippen LogP contribution is 2.19. The standard InChI is InChI=1S/C20H20N2O4/c1-13(2)21(12-19(24)25)18(23)11-22-16-9-5-3-7-14(16)20(26)15-8-4-6-10-17(15)22/h3-10,13H,11-12H2,1-2H3,(H,24,25). The minimum Gasteiger partial charge on any atom is -0.480 e. The van der Waals surface area contributed by atoms with Gasteiger partial charge >= 0.3 is 5.97 Å². The van der Waals surface area contributed by atoms with Gasteiger partial charge in [-0.15, -0.1) is 0 Å². The van der Waals surface area contributed by atoms with E-state index in [9.17, 15) is 14.4 Å². The number of amides is 1. The molecule has 0 aliphatic heterocycles. The Bertz CT molecular complexity index is 993. The fraction of sp³-hybridized carbons (Fsp3) is 0.250. The molecule has 0 saturated heterocycles. The number of fused-ring (bicyclic) bond motifs is 2. The van der Waals surface area contributed by atoms with Crippen molar-refractivity contribution in [2.24, 2.45) is 0 Å². The lowest BCUT2D eigenvalue weighted by molar-refractivity contribution is -0.146. The smallest absolute Gasteiger partial charge is 0.323 e. The van der Waals surface area contributed by atoms with Crippen LogP contribution in [0.2, 0.25) is 0 Å². The Labute approximate surface area is 150 Å². The van der Waals surface area contributed by atoms with Gasteiger partial charge in [0, 0.05) is 16.8 Å². The van der Waals surface area contributed by atoms with Crippen LogP contribution in [-0.2, 0) is 16.1 Å². The number of carboxylic acids is 1. The van der Waals surface area contributed by atoms with Gasteiger partial charge < -0.3 is 14.6 Å². The van der Waals surface area contributed by atoms with Crippen molar-refractivity contribution in [3.8, 4) is 0 Å². The van der Waals surface area contributed by atoms with Crippen LogP contribution in [0.15, 0.2) is 53.3 Å². The van der Waals surface area contributed by atoms with Gasteiger partial charge in [-0.3, -0.25) is 14.4 Å². The molecule has 3 aromatic rings. The van der Waals surface area contributed by atoms with Crippen LogP contribution in [0.4, 0.5) is 0 Å². The Hall–Kier alpha value is -3.15. The normalized spacial score (nSPS) is 11.2. The van der Waals surface area contributed by atoms with E-state index in [1.54, 1.807) is 54.8 Å². The second kappa shape index (κ2) is 7.00. The number of benzene rings is 2. The summed E-state index contributed by atoms with van der Waals surface area (Å²) in [7, 11) is 0. The number of aromatic nitrogens is 1. The highest BCUT2D eigenvalue weighted by atomic mass is 16.4. The van der Waals surface area contributed by atoms with E-state index in [0.29, 0.717) is 21.8 Å². The van der Waals surface area contributed by atoms with Crippen LogP contribution in [-0.4, -0.2) is 39.0 Å². The molecule has 1 aromatic heterocycles. The van der Waals surface area contributed by atoms with E-state index in [-0.39, 0.29) is 30.5 Å². The summed E-state index contributed by atoms with van der Waals surface area (Å²) in [4.78, 5) is 38.0. The summed E-state index contributed by atoms with van der Waals surface area (Å²) >= 11 is 0. The van der Waals surface area contributed by atoms with E-state index in [1.165, 1.54) is 4.90 Å². The van der Waals surface area contributed by atoms with Crippen molar-refractivity contribution in [1.82, 2.24) is 9.47 Å². The summed E-state index contributed by atoms with van der Waals surface area (Å²) in [5.74, 6) is -1.36. The zero-order valence-electron chi connectivity index (χ0n) is 14.7. The second-order valence-corrected chi connectivity index (χ2v) is 6.46. The number of aliphatic carboxylic acids is 1. The van der Waals surface area contributed by atoms with Gasteiger partial charge in [0.15, 0.2) is 5.43 Å². The first-order valence-corrected chi connectivity index (χ1v) is 8.41. The molecular formula is C20H20N2O4. The topological polar surface area (TPSA) is 79.6 Å². The highest BCUT2D eigenvalue weighted by molar-refractivity contribution is 5.95. The first kappa shape index (κ1) is 17.7. The van der Waals surface area contributed by atoms with Gasteiger partial charge in [0.25, 0.3) is 0 Å². The van der Waals surface area contributed by atoms with Crippen molar-refractivity contribution < 1.29 is 14.7 Å². The third-order valence-electron chi connectivity index (χ3n) is 4.42. The van der Waals surface area contributed by atoms with Crippen molar-refractivity contribution in [3.63, 3.8) is 0 Å². The minimum atomic E-state index is -1.05. The van der Waals surface area contributed by atoms with Gasteiger partial charge in [0.1, 0.15) is 13.1 Å². The molecule has 0 spiro atoms. The molecule has 1 amide bonds. The molecule has 0 atom stereocenters. The molecule has 1 heterocycles. The molecule has 26 heavy (non-hydrogen) atoms. The number of rotatable bonds is 5. The largest absolute Gasteiger partial charge is 0.480 e. The summed E-state index contributed by atoms with van der Waals surface area (Å²) < 4.78 is 1.78. The lowest BCUT2D eigenvalue weighted by Gasteiger charge is -2.26. The SMILES string of the molecule is CC(C)N(CC(=O)O)C(=O)Cn1c2ccccc2c(=O)c2ccccc21. The predicted octanol–water partition coefficient (Wildman–Crippen LogP) is 2.48. The maximum atomic E-state index is 12.8. The van der Waals surface area contributed by atoms with Crippen LogP contribution in [0.25, 0.3) is 21.8 Å². The number of carboxylic acid groups (broad SMARTS) is 1. The molecule has 6 nitrogen and oxygen atoms in total. The molecule has 0 fully saturated rings. The molecule has 0 aliphatic rings. The molecule has 134 valence electrons. The Morgan fingerprint density at radius 3 is 1.96 bits per heavy atom. The maximum Gasteiger partial charge on any atom is 0.323 e. The van der Waals surface area contributed by atoms with Crippen LogP contribution in [0, 0.1) is 0 Å². The molecule has 0 unspecified atom stereocenters.